The van der Waals surface area contributed by atoms with Gasteiger partial charge in [0.25, 0.3) is 0 Å². The number of nitriles is 1. The van der Waals surface area contributed by atoms with Crippen molar-refractivity contribution in [2.24, 2.45) is 0 Å². The normalized spacial score (nSPS) is 11.7. The first-order valence-electron chi connectivity index (χ1n) is 8.64. The summed E-state index contributed by atoms with van der Waals surface area (Å²) in [5.74, 6) is -0.0178. The number of pyridine rings is 1. The van der Waals surface area contributed by atoms with Crippen molar-refractivity contribution in [2.75, 3.05) is 0 Å². The predicted octanol–water partition coefficient (Wildman–Crippen LogP) is 5.39. The van der Waals surface area contributed by atoms with Crippen LogP contribution in [0.25, 0.3) is 22.8 Å². The molecular formula is C22H14N2O4S. The third-order valence-corrected chi connectivity index (χ3v) is 5.44. The number of furan rings is 2. The summed E-state index contributed by atoms with van der Waals surface area (Å²) in [6, 6.07) is 19.7. The van der Waals surface area contributed by atoms with Gasteiger partial charge in [-0.25, -0.2) is 4.98 Å². The number of aliphatic carboxylic acids is 1. The lowest BCUT2D eigenvalue weighted by atomic mass is 10.1. The van der Waals surface area contributed by atoms with Gasteiger partial charge in [-0.3, -0.25) is 4.79 Å². The van der Waals surface area contributed by atoms with E-state index in [9.17, 15) is 15.2 Å². The van der Waals surface area contributed by atoms with Crippen LogP contribution in [0.4, 0.5) is 0 Å². The van der Waals surface area contributed by atoms with Gasteiger partial charge in [-0.15, -0.1) is 0 Å². The van der Waals surface area contributed by atoms with Crippen LogP contribution < -0.4 is 0 Å². The van der Waals surface area contributed by atoms with Gasteiger partial charge in [0.2, 0.25) is 0 Å². The van der Waals surface area contributed by atoms with E-state index in [0.29, 0.717) is 33.4 Å². The molecule has 0 aliphatic carbocycles. The maximum Gasteiger partial charge on any atom is 0.321 e. The van der Waals surface area contributed by atoms with Gasteiger partial charge in [0.05, 0.1) is 18.1 Å². The summed E-state index contributed by atoms with van der Waals surface area (Å²) in [5.41, 5.74) is 1.87. The number of benzene rings is 1. The van der Waals surface area contributed by atoms with Crippen LogP contribution in [-0.4, -0.2) is 16.1 Å². The highest BCUT2D eigenvalue weighted by Gasteiger charge is 2.26. The number of rotatable bonds is 6. The number of hydrogen-bond donors (Lipinski definition) is 1. The highest BCUT2D eigenvalue weighted by Crippen LogP contribution is 2.40. The second-order valence-corrected chi connectivity index (χ2v) is 7.14. The molecule has 29 heavy (non-hydrogen) atoms. The molecule has 0 aliphatic heterocycles. The van der Waals surface area contributed by atoms with E-state index in [4.69, 9.17) is 8.83 Å². The van der Waals surface area contributed by atoms with Crippen molar-refractivity contribution in [1.29, 1.82) is 5.26 Å². The molecule has 6 nitrogen and oxygen atoms in total. The topological polar surface area (TPSA) is 100 Å². The summed E-state index contributed by atoms with van der Waals surface area (Å²) >= 11 is 1.01. The quantitative estimate of drug-likeness (QED) is 0.431. The van der Waals surface area contributed by atoms with E-state index in [-0.39, 0.29) is 5.56 Å². The first kappa shape index (κ1) is 18.6. The van der Waals surface area contributed by atoms with Gasteiger partial charge < -0.3 is 13.9 Å². The molecule has 1 unspecified atom stereocenters. The summed E-state index contributed by atoms with van der Waals surface area (Å²) in [5, 5.41) is 19.0. The van der Waals surface area contributed by atoms with Gasteiger partial charge in [0.1, 0.15) is 27.8 Å². The van der Waals surface area contributed by atoms with Crippen LogP contribution in [0.5, 0.6) is 0 Å². The number of carboxylic acid groups (broad SMARTS) is 1. The van der Waals surface area contributed by atoms with E-state index >= 15 is 0 Å². The number of thioether (sulfide) groups is 1. The minimum absolute atomic E-state index is 0.252. The summed E-state index contributed by atoms with van der Waals surface area (Å²) in [6.07, 6.45) is 3.04. The number of hydrogen-bond acceptors (Lipinski definition) is 6. The van der Waals surface area contributed by atoms with E-state index < -0.39 is 11.2 Å². The average Bonchev–Trinajstić information content (AvgIpc) is 3.46. The molecule has 0 bridgehead atoms. The zero-order valence-electron chi connectivity index (χ0n) is 15.0. The van der Waals surface area contributed by atoms with Crippen LogP contribution in [0.3, 0.4) is 0 Å². The van der Waals surface area contributed by atoms with Gasteiger partial charge in [-0.1, -0.05) is 42.1 Å². The standard InChI is InChI=1S/C22H14N2O4S/c23-13-16-15(18-8-4-10-27-18)12-17(19-9-5-11-28-19)24-21(16)29-20(22(25)26)14-6-2-1-3-7-14/h1-12,20H,(H,25,26). The van der Waals surface area contributed by atoms with Crippen LogP contribution >= 0.6 is 11.8 Å². The Morgan fingerprint density at radius 2 is 1.72 bits per heavy atom. The second-order valence-electron chi connectivity index (χ2n) is 6.05. The van der Waals surface area contributed by atoms with E-state index in [1.807, 2.05) is 6.07 Å². The molecular weight excluding hydrogens is 388 g/mol. The monoisotopic (exact) mass is 402 g/mol. The summed E-state index contributed by atoms with van der Waals surface area (Å²) in [4.78, 5) is 16.5. The molecule has 0 aliphatic rings. The van der Waals surface area contributed by atoms with Gasteiger partial charge in [-0.05, 0) is 35.9 Å². The zero-order chi connectivity index (χ0) is 20.2. The van der Waals surface area contributed by atoms with Crippen molar-refractivity contribution in [3.05, 3.63) is 84.3 Å². The third kappa shape index (κ3) is 3.79. The largest absolute Gasteiger partial charge is 0.480 e. The molecule has 0 saturated heterocycles. The Hall–Kier alpha value is -3.76. The predicted molar refractivity (Wildman–Crippen MR) is 107 cm³/mol. The minimum Gasteiger partial charge on any atom is -0.480 e. The van der Waals surface area contributed by atoms with E-state index in [1.54, 1.807) is 54.6 Å². The summed E-state index contributed by atoms with van der Waals surface area (Å²) < 4.78 is 10.9. The molecule has 1 N–H and O–H groups in total. The Morgan fingerprint density at radius 1 is 1.03 bits per heavy atom. The molecule has 4 rings (SSSR count). The summed E-state index contributed by atoms with van der Waals surface area (Å²) in [6.45, 7) is 0. The van der Waals surface area contributed by atoms with Crippen molar-refractivity contribution in [2.45, 2.75) is 10.3 Å². The molecule has 0 saturated carbocycles. The van der Waals surface area contributed by atoms with Crippen molar-refractivity contribution >= 4 is 17.7 Å². The van der Waals surface area contributed by atoms with Gasteiger partial charge in [0, 0.05) is 5.56 Å². The number of carbonyl (C=O) groups is 1. The minimum atomic E-state index is -1.02. The molecule has 0 fully saturated rings. The highest BCUT2D eigenvalue weighted by atomic mass is 32.2. The van der Waals surface area contributed by atoms with Gasteiger partial charge >= 0.3 is 5.97 Å². The molecule has 0 spiro atoms. The number of carboxylic acids is 1. The van der Waals surface area contributed by atoms with E-state index in [0.717, 1.165) is 11.8 Å². The second kappa shape index (κ2) is 8.09. The smallest absolute Gasteiger partial charge is 0.321 e. The third-order valence-electron chi connectivity index (χ3n) is 4.21. The molecule has 4 aromatic rings. The van der Waals surface area contributed by atoms with Crippen molar-refractivity contribution in [3.63, 3.8) is 0 Å². The molecule has 7 heteroatoms. The van der Waals surface area contributed by atoms with Gasteiger partial charge in [-0.2, -0.15) is 5.26 Å². The van der Waals surface area contributed by atoms with Crippen molar-refractivity contribution < 1.29 is 18.7 Å². The fourth-order valence-electron chi connectivity index (χ4n) is 2.89. The lowest BCUT2D eigenvalue weighted by Gasteiger charge is -2.15. The van der Waals surface area contributed by atoms with Crippen molar-refractivity contribution in [3.8, 4) is 28.8 Å². The Morgan fingerprint density at radius 3 is 2.31 bits per heavy atom. The van der Waals surface area contributed by atoms with Crippen molar-refractivity contribution in [1.82, 2.24) is 4.98 Å². The molecule has 0 radical (unpaired) electrons. The van der Waals surface area contributed by atoms with Crippen LogP contribution in [-0.2, 0) is 4.79 Å². The molecule has 1 atom stereocenters. The molecule has 0 amide bonds. The molecule has 3 aromatic heterocycles. The SMILES string of the molecule is N#Cc1c(-c2ccco2)cc(-c2ccco2)nc1SC(C(=O)O)c1ccccc1. The number of nitrogens with zero attached hydrogens (tertiary/aromatic N) is 2. The fraction of sp³-hybridized carbons (Fsp3) is 0.0455. The maximum absolute atomic E-state index is 12.0. The molecule has 142 valence electrons. The summed E-state index contributed by atoms with van der Waals surface area (Å²) in [7, 11) is 0. The Labute approximate surface area is 170 Å². The van der Waals surface area contributed by atoms with Crippen LogP contribution in [0, 0.1) is 11.3 Å². The van der Waals surface area contributed by atoms with Crippen LogP contribution in [0.2, 0.25) is 0 Å². The average molecular weight is 402 g/mol. The lowest BCUT2D eigenvalue weighted by Crippen LogP contribution is -2.09. The molecule has 3 heterocycles. The highest BCUT2D eigenvalue weighted by molar-refractivity contribution is 8.00. The van der Waals surface area contributed by atoms with Crippen LogP contribution in [0.1, 0.15) is 16.4 Å². The van der Waals surface area contributed by atoms with E-state index in [1.165, 1.54) is 12.5 Å². The number of aromatic nitrogens is 1. The first-order chi connectivity index (χ1) is 14.2. The Kier molecular flexibility index (Phi) is 5.18. The maximum atomic E-state index is 12.0. The van der Waals surface area contributed by atoms with Gasteiger partial charge in [0.15, 0.2) is 5.76 Å². The fourth-order valence-corrected chi connectivity index (χ4v) is 3.93. The molecule has 1 aromatic carbocycles. The van der Waals surface area contributed by atoms with Crippen LogP contribution in [0.15, 0.2) is 87.1 Å². The first-order valence-corrected chi connectivity index (χ1v) is 9.52. The van der Waals surface area contributed by atoms with E-state index in [2.05, 4.69) is 11.1 Å². The Balaban J connectivity index is 1.87. The lowest BCUT2D eigenvalue weighted by molar-refractivity contribution is -0.136. The Bertz CT molecular complexity index is 1160. The zero-order valence-corrected chi connectivity index (χ0v) is 15.8.